The van der Waals surface area contributed by atoms with E-state index in [-0.39, 0.29) is 23.3 Å². The standard InChI is InChI=1S/C24H27N3O3/c1-30-17-12-10-16(11-13-17)14-15-25-23(28)19-7-3-2-6-18(19)22-26-21-9-5-4-8-20(21)24(29)27-22/h4-5,8-13,18-19H,2-3,6-7,14-15H2,1H3,(H,25,28)(H,26,27,29)/t18-,19+/m0/s1. The quantitative estimate of drug-likeness (QED) is 0.657. The van der Waals surface area contributed by atoms with E-state index < -0.39 is 0 Å². The molecule has 1 heterocycles. The number of fused-ring (bicyclic) bond motifs is 1. The molecule has 6 heteroatoms. The van der Waals surface area contributed by atoms with Crippen LogP contribution in [0.25, 0.3) is 10.9 Å². The zero-order chi connectivity index (χ0) is 20.9. The fourth-order valence-electron chi connectivity index (χ4n) is 4.31. The minimum Gasteiger partial charge on any atom is -0.497 e. The molecule has 2 atom stereocenters. The molecule has 3 aromatic rings. The minimum absolute atomic E-state index is 0.0454. The number of carbonyl (C=O) groups is 1. The number of nitrogens with one attached hydrogen (secondary N) is 2. The molecule has 2 aromatic carbocycles. The van der Waals surface area contributed by atoms with Crippen molar-refractivity contribution in [2.45, 2.75) is 38.0 Å². The van der Waals surface area contributed by atoms with Crippen LogP contribution in [0.2, 0.25) is 0 Å². The molecule has 1 amide bonds. The highest BCUT2D eigenvalue weighted by Gasteiger charge is 2.33. The number of aromatic nitrogens is 2. The number of aromatic amines is 1. The smallest absolute Gasteiger partial charge is 0.258 e. The van der Waals surface area contributed by atoms with Crippen LogP contribution in [0.3, 0.4) is 0 Å². The molecule has 6 nitrogen and oxygen atoms in total. The van der Waals surface area contributed by atoms with Gasteiger partial charge in [0.25, 0.3) is 5.56 Å². The predicted molar refractivity (Wildman–Crippen MR) is 117 cm³/mol. The first-order valence-electron chi connectivity index (χ1n) is 10.6. The lowest BCUT2D eigenvalue weighted by Gasteiger charge is -2.30. The summed E-state index contributed by atoms with van der Waals surface area (Å²) in [6.07, 6.45) is 4.49. The fraction of sp³-hybridized carbons (Fsp3) is 0.375. The van der Waals surface area contributed by atoms with Crippen LogP contribution in [0.5, 0.6) is 5.75 Å². The van der Waals surface area contributed by atoms with Gasteiger partial charge in [-0.3, -0.25) is 9.59 Å². The molecule has 0 radical (unpaired) electrons. The van der Waals surface area contributed by atoms with Gasteiger partial charge in [-0.05, 0) is 49.1 Å². The molecule has 0 saturated heterocycles. The summed E-state index contributed by atoms with van der Waals surface area (Å²) in [7, 11) is 1.65. The molecule has 0 unspecified atom stereocenters. The number of rotatable bonds is 6. The maximum atomic E-state index is 13.0. The Hall–Kier alpha value is -3.15. The number of carbonyl (C=O) groups excluding carboxylic acids is 1. The van der Waals surface area contributed by atoms with Crippen LogP contribution < -0.4 is 15.6 Å². The zero-order valence-electron chi connectivity index (χ0n) is 17.2. The molecule has 0 bridgehead atoms. The summed E-state index contributed by atoms with van der Waals surface area (Å²) in [6, 6.07) is 15.2. The second kappa shape index (κ2) is 9.11. The summed E-state index contributed by atoms with van der Waals surface area (Å²) in [5, 5.41) is 3.67. The average Bonchev–Trinajstić information content (AvgIpc) is 2.79. The van der Waals surface area contributed by atoms with Gasteiger partial charge in [-0.1, -0.05) is 37.1 Å². The van der Waals surface area contributed by atoms with Crippen molar-refractivity contribution >= 4 is 16.8 Å². The number of nitrogens with zero attached hydrogens (tertiary/aromatic N) is 1. The van der Waals surface area contributed by atoms with Gasteiger partial charge in [-0.15, -0.1) is 0 Å². The summed E-state index contributed by atoms with van der Waals surface area (Å²) in [5.74, 6) is 1.28. The maximum Gasteiger partial charge on any atom is 0.258 e. The van der Waals surface area contributed by atoms with Gasteiger partial charge in [0.2, 0.25) is 5.91 Å². The van der Waals surface area contributed by atoms with Crippen molar-refractivity contribution < 1.29 is 9.53 Å². The molecule has 1 saturated carbocycles. The summed E-state index contributed by atoms with van der Waals surface area (Å²) < 4.78 is 5.18. The molecule has 0 aliphatic heterocycles. The van der Waals surface area contributed by atoms with Crippen molar-refractivity contribution in [3.8, 4) is 5.75 Å². The number of H-pyrrole nitrogens is 1. The van der Waals surface area contributed by atoms with Crippen molar-refractivity contribution in [2.75, 3.05) is 13.7 Å². The highest BCUT2D eigenvalue weighted by atomic mass is 16.5. The van der Waals surface area contributed by atoms with E-state index in [1.54, 1.807) is 13.2 Å². The van der Waals surface area contributed by atoms with Crippen molar-refractivity contribution in [3.63, 3.8) is 0 Å². The first-order valence-corrected chi connectivity index (χ1v) is 10.6. The predicted octanol–water partition coefficient (Wildman–Crippen LogP) is 3.56. The van der Waals surface area contributed by atoms with Crippen LogP contribution in [-0.4, -0.2) is 29.5 Å². The summed E-state index contributed by atoms with van der Waals surface area (Å²) in [5.41, 5.74) is 1.69. The molecule has 1 aliphatic rings. The third-order valence-corrected chi connectivity index (χ3v) is 5.96. The normalized spacial score (nSPS) is 18.8. The Labute approximate surface area is 175 Å². The van der Waals surface area contributed by atoms with Crippen LogP contribution >= 0.6 is 0 Å². The number of ether oxygens (including phenoxy) is 1. The van der Waals surface area contributed by atoms with Gasteiger partial charge in [-0.2, -0.15) is 0 Å². The molecule has 1 aromatic heterocycles. The molecule has 2 N–H and O–H groups in total. The molecule has 1 aliphatic carbocycles. The van der Waals surface area contributed by atoms with E-state index in [4.69, 9.17) is 4.74 Å². The zero-order valence-corrected chi connectivity index (χ0v) is 17.2. The highest BCUT2D eigenvalue weighted by Crippen LogP contribution is 2.36. The number of hydrogen-bond donors (Lipinski definition) is 2. The number of amides is 1. The van der Waals surface area contributed by atoms with E-state index in [2.05, 4.69) is 15.3 Å². The van der Waals surface area contributed by atoms with Gasteiger partial charge in [-0.25, -0.2) is 4.98 Å². The van der Waals surface area contributed by atoms with Gasteiger partial charge in [0.05, 0.1) is 18.0 Å². The van der Waals surface area contributed by atoms with E-state index in [0.717, 1.165) is 43.4 Å². The van der Waals surface area contributed by atoms with Gasteiger partial charge in [0.1, 0.15) is 11.6 Å². The van der Waals surface area contributed by atoms with Crippen LogP contribution in [0.4, 0.5) is 0 Å². The van der Waals surface area contributed by atoms with Crippen molar-refractivity contribution in [2.24, 2.45) is 5.92 Å². The summed E-state index contributed by atoms with van der Waals surface area (Å²) in [6.45, 7) is 0.579. The minimum atomic E-state index is -0.168. The van der Waals surface area contributed by atoms with E-state index in [1.807, 2.05) is 42.5 Å². The third kappa shape index (κ3) is 4.37. The monoisotopic (exact) mass is 405 g/mol. The first-order chi connectivity index (χ1) is 14.7. The van der Waals surface area contributed by atoms with E-state index in [1.165, 1.54) is 0 Å². The Balaban J connectivity index is 1.45. The Kier molecular flexibility index (Phi) is 6.12. The Bertz CT molecular complexity index is 1070. The van der Waals surface area contributed by atoms with Gasteiger partial charge in [0, 0.05) is 18.4 Å². The van der Waals surface area contributed by atoms with Crippen molar-refractivity contribution in [1.29, 1.82) is 0 Å². The Morgan fingerprint density at radius 1 is 1.13 bits per heavy atom. The van der Waals surface area contributed by atoms with Gasteiger partial charge >= 0.3 is 0 Å². The highest BCUT2D eigenvalue weighted by molar-refractivity contribution is 5.80. The van der Waals surface area contributed by atoms with Crippen LogP contribution in [0, 0.1) is 5.92 Å². The molecular formula is C24H27N3O3. The summed E-state index contributed by atoms with van der Waals surface area (Å²) >= 11 is 0. The molecule has 30 heavy (non-hydrogen) atoms. The van der Waals surface area contributed by atoms with Crippen LogP contribution in [0.1, 0.15) is 43.0 Å². The lowest BCUT2D eigenvalue weighted by Crippen LogP contribution is -2.37. The summed E-state index contributed by atoms with van der Waals surface area (Å²) in [4.78, 5) is 33.1. The SMILES string of the molecule is COc1ccc(CCNC(=O)[C@@H]2CCCC[C@@H]2c2nc3ccccc3c(=O)[nH]2)cc1. The topological polar surface area (TPSA) is 84.1 Å². The van der Waals surface area contributed by atoms with Crippen molar-refractivity contribution in [3.05, 3.63) is 70.3 Å². The number of hydrogen-bond acceptors (Lipinski definition) is 4. The lowest BCUT2D eigenvalue weighted by molar-refractivity contribution is -0.126. The van der Waals surface area contributed by atoms with Gasteiger partial charge < -0.3 is 15.0 Å². The van der Waals surface area contributed by atoms with E-state index >= 15 is 0 Å². The van der Waals surface area contributed by atoms with E-state index in [9.17, 15) is 9.59 Å². The molecular weight excluding hydrogens is 378 g/mol. The molecule has 1 fully saturated rings. The second-order valence-electron chi connectivity index (χ2n) is 7.85. The lowest BCUT2D eigenvalue weighted by atomic mass is 9.78. The first kappa shape index (κ1) is 20.1. The maximum absolute atomic E-state index is 13.0. The largest absolute Gasteiger partial charge is 0.497 e. The number of para-hydroxylation sites is 1. The van der Waals surface area contributed by atoms with Crippen LogP contribution in [0.15, 0.2) is 53.3 Å². The van der Waals surface area contributed by atoms with Gasteiger partial charge in [0.15, 0.2) is 0 Å². The molecule has 4 rings (SSSR count). The van der Waals surface area contributed by atoms with E-state index in [0.29, 0.717) is 23.3 Å². The fourth-order valence-corrected chi connectivity index (χ4v) is 4.31. The average molecular weight is 405 g/mol. The third-order valence-electron chi connectivity index (χ3n) is 5.96. The second-order valence-corrected chi connectivity index (χ2v) is 7.85. The number of methoxy groups -OCH3 is 1. The Morgan fingerprint density at radius 2 is 1.90 bits per heavy atom. The molecule has 0 spiro atoms. The molecule has 156 valence electrons. The number of benzene rings is 2. The Morgan fingerprint density at radius 3 is 2.70 bits per heavy atom. The van der Waals surface area contributed by atoms with Crippen LogP contribution in [-0.2, 0) is 11.2 Å². The van der Waals surface area contributed by atoms with Crippen molar-refractivity contribution in [1.82, 2.24) is 15.3 Å².